The lowest BCUT2D eigenvalue weighted by atomic mass is 9.74. The van der Waals surface area contributed by atoms with Crippen LogP contribution in [0.3, 0.4) is 0 Å². The van der Waals surface area contributed by atoms with Gasteiger partial charge in [0.15, 0.2) is 0 Å². The number of hydrogen-bond donors (Lipinski definition) is 2. The molecular formula is C23H34O4. The zero-order valence-electron chi connectivity index (χ0n) is 17.1. The summed E-state index contributed by atoms with van der Waals surface area (Å²) in [6, 6.07) is 8.14. The SMILES string of the molecule is CCC(O)COC1=CC=C(C(C)(C)c2ccc(OCC(O)CC)cc2)CC1. The van der Waals surface area contributed by atoms with Crippen LogP contribution in [-0.2, 0) is 10.2 Å². The van der Waals surface area contributed by atoms with Gasteiger partial charge >= 0.3 is 0 Å². The Hall–Kier alpha value is -1.78. The van der Waals surface area contributed by atoms with Gasteiger partial charge in [0.05, 0.1) is 18.0 Å². The summed E-state index contributed by atoms with van der Waals surface area (Å²) in [4.78, 5) is 0. The highest BCUT2D eigenvalue weighted by atomic mass is 16.5. The predicted molar refractivity (Wildman–Crippen MR) is 109 cm³/mol. The largest absolute Gasteiger partial charge is 0.495 e. The molecule has 0 fully saturated rings. The van der Waals surface area contributed by atoms with Crippen molar-refractivity contribution >= 4 is 0 Å². The molecule has 4 heteroatoms. The van der Waals surface area contributed by atoms with Crippen molar-refractivity contribution in [1.29, 1.82) is 0 Å². The molecule has 1 aromatic rings. The Kier molecular flexibility index (Phi) is 7.93. The standard InChI is InChI=1S/C23H34O4/c1-5-19(24)15-26-21-11-7-17(8-12-21)23(3,4)18-9-13-22(14-10-18)27-16-20(25)6-2/h7-9,11-13,19-20,24-25H,5-6,10,14-16H2,1-4H3. The van der Waals surface area contributed by atoms with Crippen LogP contribution in [0.4, 0.5) is 0 Å². The van der Waals surface area contributed by atoms with E-state index >= 15 is 0 Å². The van der Waals surface area contributed by atoms with E-state index in [1.807, 2.05) is 32.1 Å². The second-order valence-electron chi connectivity index (χ2n) is 7.72. The molecule has 0 spiro atoms. The maximum Gasteiger partial charge on any atom is 0.119 e. The van der Waals surface area contributed by atoms with Crippen molar-refractivity contribution in [3.63, 3.8) is 0 Å². The Morgan fingerprint density at radius 1 is 0.889 bits per heavy atom. The molecule has 0 saturated carbocycles. The lowest BCUT2D eigenvalue weighted by Crippen LogP contribution is -2.22. The fourth-order valence-electron chi connectivity index (χ4n) is 3.04. The van der Waals surface area contributed by atoms with Gasteiger partial charge in [-0.05, 0) is 43.0 Å². The Morgan fingerprint density at radius 3 is 2.00 bits per heavy atom. The molecule has 0 aliphatic heterocycles. The second-order valence-corrected chi connectivity index (χ2v) is 7.72. The molecule has 1 aliphatic rings. The molecule has 0 bridgehead atoms. The molecule has 2 rings (SSSR count). The second kappa shape index (κ2) is 9.95. The molecule has 150 valence electrons. The van der Waals surface area contributed by atoms with Gasteiger partial charge in [-0.1, -0.05) is 51.5 Å². The van der Waals surface area contributed by atoms with Crippen LogP contribution < -0.4 is 4.74 Å². The van der Waals surface area contributed by atoms with Crippen molar-refractivity contribution in [2.24, 2.45) is 0 Å². The molecule has 2 N–H and O–H groups in total. The van der Waals surface area contributed by atoms with Crippen LogP contribution in [0, 0.1) is 0 Å². The minimum Gasteiger partial charge on any atom is -0.495 e. The first-order valence-corrected chi connectivity index (χ1v) is 9.99. The molecule has 1 aromatic carbocycles. The molecule has 1 aliphatic carbocycles. The predicted octanol–water partition coefficient (Wildman–Crippen LogP) is 4.51. The van der Waals surface area contributed by atoms with E-state index in [0.717, 1.165) is 24.4 Å². The van der Waals surface area contributed by atoms with Crippen LogP contribution in [-0.4, -0.2) is 35.6 Å². The lowest BCUT2D eigenvalue weighted by Gasteiger charge is -2.31. The van der Waals surface area contributed by atoms with Gasteiger partial charge in [-0.3, -0.25) is 0 Å². The first kappa shape index (κ1) is 21.5. The average Bonchev–Trinajstić information content (AvgIpc) is 2.70. The molecule has 2 atom stereocenters. The molecule has 2 unspecified atom stereocenters. The highest BCUT2D eigenvalue weighted by Crippen LogP contribution is 2.37. The number of aliphatic hydroxyl groups excluding tert-OH is 2. The van der Waals surface area contributed by atoms with Gasteiger partial charge in [-0.25, -0.2) is 0 Å². The molecule has 27 heavy (non-hydrogen) atoms. The number of allylic oxidation sites excluding steroid dienone is 4. The number of rotatable bonds is 10. The maximum atomic E-state index is 9.63. The summed E-state index contributed by atoms with van der Waals surface area (Å²) in [5, 5.41) is 19.2. The summed E-state index contributed by atoms with van der Waals surface area (Å²) < 4.78 is 11.3. The summed E-state index contributed by atoms with van der Waals surface area (Å²) >= 11 is 0. The Morgan fingerprint density at radius 2 is 1.48 bits per heavy atom. The highest BCUT2D eigenvalue weighted by Gasteiger charge is 2.27. The first-order chi connectivity index (χ1) is 12.9. The number of hydrogen-bond acceptors (Lipinski definition) is 4. The summed E-state index contributed by atoms with van der Waals surface area (Å²) in [6.07, 6.45) is 6.58. The van der Waals surface area contributed by atoms with E-state index in [1.54, 1.807) is 0 Å². The van der Waals surface area contributed by atoms with Crippen LogP contribution in [0.25, 0.3) is 0 Å². The molecule has 0 aromatic heterocycles. The van der Waals surface area contributed by atoms with E-state index in [0.29, 0.717) is 26.1 Å². The Balaban J connectivity index is 2.00. The average molecular weight is 375 g/mol. The van der Waals surface area contributed by atoms with Gasteiger partial charge in [0.2, 0.25) is 0 Å². The first-order valence-electron chi connectivity index (χ1n) is 9.99. The van der Waals surface area contributed by atoms with E-state index in [4.69, 9.17) is 9.47 Å². The summed E-state index contributed by atoms with van der Waals surface area (Å²) in [7, 11) is 0. The van der Waals surface area contributed by atoms with Gasteiger partial charge in [-0.2, -0.15) is 0 Å². The fraction of sp³-hybridized carbons (Fsp3) is 0.565. The molecule has 0 amide bonds. The van der Waals surface area contributed by atoms with Crippen LogP contribution in [0.2, 0.25) is 0 Å². The van der Waals surface area contributed by atoms with Gasteiger partial charge in [0.1, 0.15) is 19.0 Å². The van der Waals surface area contributed by atoms with Crippen LogP contribution in [0.15, 0.2) is 47.7 Å². The topological polar surface area (TPSA) is 58.9 Å². The van der Waals surface area contributed by atoms with Crippen LogP contribution in [0.5, 0.6) is 5.75 Å². The monoisotopic (exact) mass is 374 g/mol. The molecule has 4 nitrogen and oxygen atoms in total. The molecule has 0 heterocycles. The number of benzene rings is 1. The highest BCUT2D eigenvalue weighted by molar-refractivity contribution is 5.40. The van der Waals surface area contributed by atoms with Crippen LogP contribution in [0.1, 0.15) is 58.9 Å². The van der Waals surface area contributed by atoms with Crippen molar-refractivity contribution in [1.82, 2.24) is 0 Å². The van der Waals surface area contributed by atoms with E-state index < -0.39 is 12.2 Å². The smallest absolute Gasteiger partial charge is 0.119 e. The third-order valence-corrected chi connectivity index (χ3v) is 5.34. The minimum absolute atomic E-state index is 0.0770. The number of ether oxygens (including phenoxy) is 2. The van der Waals surface area contributed by atoms with E-state index in [-0.39, 0.29) is 5.41 Å². The number of aliphatic hydroxyl groups is 2. The molecule has 0 saturated heterocycles. The maximum absolute atomic E-state index is 9.63. The quantitative estimate of drug-likeness (QED) is 0.633. The summed E-state index contributed by atoms with van der Waals surface area (Å²) in [6.45, 7) is 9.04. The van der Waals surface area contributed by atoms with Crippen molar-refractivity contribution in [3.8, 4) is 5.75 Å². The zero-order chi connectivity index (χ0) is 19.9. The third-order valence-electron chi connectivity index (χ3n) is 5.34. The summed E-state index contributed by atoms with van der Waals surface area (Å²) in [5.74, 6) is 1.73. The Labute approximate surface area is 163 Å². The lowest BCUT2D eigenvalue weighted by molar-refractivity contribution is 0.0656. The van der Waals surface area contributed by atoms with Crippen LogP contribution >= 0.6 is 0 Å². The Bertz CT molecular complexity index is 643. The van der Waals surface area contributed by atoms with E-state index in [1.165, 1.54) is 11.1 Å². The zero-order valence-corrected chi connectivity index (χ0v) is 17.1. The van der Waals surface area contributed by atoms with Crippen molar-refractivity contribution in [2.75, 3.05) is 13.2 Å². The van der Waals surface area contributed by atoms with E-state index in [9.17, 15) is 10.2 Å². The fourth-order valence-corrected chi connectivity index (χ4v) is 3.04. The van der Waals surface area contributed by atoms with Gasteiger partial charge in [0.25, 0.3) is 0 Å². The van der Waals surface area contributed by atoms with Crippen molar-refractivity contribution in [3.05, 3.63) is 53.3 Å². The van der Waals surface area contributed by atoms with Gasteiger partial charge in [-0.15, -0.1) is 0 Å². The normalized spacial score (nSPS) is 17.0. The van der Waals surface area contributed by atoms with Crippen molar-refractivity contribution in [2.45, 2.75) is 71.0 Å². The minimum atomic E-state index is -0.421. The van der Waals surface area contributed by atoms with Gasteiger partial charge in [0, 0.05) is 11.8 Å². The third kappa shape index (κ3) is 6.12. The molecule has 0 radical (unpaired) electrons. The van der Waals surface area contributed by atoms with Crippen molar-refractivity contribution < 1.29 is 19.7 Å². The van der Waals surface area contributed by atoms with E-state index in [2.05, 4.69) is 32.1 Å². The summed E-state index contributed by atoms with van der Waals surface area (Å²) in [5.41, 5.74) is 2.52. The molecular weight excluding hydrogens is 340 g/mol. The van der Waals surface area contributed by atoms with Gasteiger partial charge < -0.3 is 19.7 Å².